The number of nitrogens with zero attached hydrogens (tertiary/aromatic N) is 7. The Morgan fingerprint density at radius 1 is 0.974 bits per heavy atom. The second kappa shape index (κ2) is 12.7. The summed E-state index contributed by atoms with van der Waals surface area (Å²) < 4.78 is 11.0. The molecule has 0 saturated carbocycles. The van der Waals surface area contributed by atoms with Crippen LogP contribution in [0.5, 0.6) is 11.6 Å². The molecule has 1 aromatic carbocycles. The average molecular weight is 533 g/mol. The molecular formula is C28H36N8O3. The molecule has 2 aliphatic heterocycles. The van der Waals surface area contributed by atoms with Crippen molar-refractivity contribution in [2.75, 3.05) is 76.4 Å². The standard InChI is InChI=1S/C28H36N8O3/c1-34-13-15-35(16-14-34)26-18-27(31-20-30-26)39-17-11-29-28(37)22-4-3-12-36(19-22)25-10-9-24(32-33-25)21-5-7-23(38-2)8-6-21/h5-10,18,20,22H,3-4,11-17,19H2,1-2H3,(H,29,37). The topological polar surface area (TPSA) is 109 Å². The number of piperazine rings is 1. The molecule has 5 rings (SSSR count). The lowest BCUT2D eigenvalue weighted by molar-refractivity contribution is -0.125. The smallest absolute Gasteiger partial charge is 0.225 e. The molecule has 11 nitrogen and oxygen atoms in total. The number of anilines is 2. The van der Waals surface area contributed by atoms with Gasteiger partial charge in [0.2, 0.25) is 11.8 Å². The predicted molar refractivity (Wildman–Crippen MR) is 149 cm³/mol. The van der Waals surface area contributed by atoms with Crippen molar-refractivity contribution < 1.29 is 14.3 Å². The Bertz CT molecular complexity index is 1220. The minimum Gasteiger partial charge on any atom is -0.497 e. The number of likely N-dealkylation sites (N-methyl/N-ethyl adjacent to an activating group) is 1. The second-order valence-corrected chi connectivity index (χ2v) is 9.93. The van der Waals surface area contributed by atoms with Gasteiger partial charge in [-0.3, -0.25) is 4.79 Å². The minimum atomic E-state index is -0.107. The van der Waals surface area contributed by atoms with E-state index < -0.39 is 0 Å². The van der Waals surface area contributed by atoms with E-state index in [0.29, 0.717) is 25.6 Å². The molecule has 1 N–H and O–H groups in total. The summed E-state index contributed by atoms with van der Waals surface area (Å²) >= 11 is 0. The van der Waals surface area contributed by atoms with Crippen molar-refractivity contribution in [3.05, 3.63) is 48.8 Å². The Labute approximate surface area is 229 Å². The number of methoxy groups -OCH3 is 1. The first-order valence-corrected chi connectivity index (χ1v) is 13.5. The van der Waals surface area contributed by atoms with Gasteiger partial charge in [-0.2, -0.15) is 0 Å². The Morgan fingerprint density at radius 2 is 1.79 bits per heavy atom. The molecule has 11 heteroatoms. The number of amides is 1. The molecule has 206 valence electrons. The van der Waals surface area contributed by atoms with E-state index in [4.69, 9.17) is 9.47 Å². The quantitative estimate of drug-likeness (QED) is 0.412. The van der Waals surface area contributed by atoms with Gasteiger partial charge in [0.1, 0.15) is 24.5 Å². The summed E-state index contributed by atoms with van der Waals surface area (Å²) in [4.78, 5) is 28.2. The van der Waals surface area contributed by atoms with Gasteiger partial charge in [-0.1, -0.05) is 0 Å². The lowest BCUT2D eigenvalue weighted by Gasteiger charge is -2.33. The maximum absolute atomic E-state index is 12.9. The first-order chi connectivity index (χ1) is 19.1. The minimum absolute atomic E-state index is 0.0342. The van der Waals surface area contributed by atoms with Crippen LogP contribution in [0.3, 0.4) is 0 Å². The zero-order chi connectivity index (χ0) is 27.0. The average Bonchev–Trinajstić information content (AvgIpc) is 3.00. The predicted octanol–water partition coefficient (Wildman–Crippen LogP) is 2.11. The fourth-order valence-electron chi connectivity index (χ4n) is 4.90. The Morgan fingerprint density at radius 3 is 2.54 bits per heavy atom. The van der Waals surface area contributed by atoms with Gasteiger partial charge in [0, 0.05) is 50.9 Å². The normalized spacial score (nSPS) is 18.1. The molecule has 0 aliphatic carbocycles. The molecule has 1 unspecified atom stereocenters. The molecule has 1 atom stereocenters. The van der Waals surface area contributed by atoms with Crippen molar-refractivity contribution in [2.24, 2.45) is 5.92 Å². The van der Waals surface area contributed by atoms with Crippen LogP contribution in [0.2, 0.25) is 0 Å². The highest BCUT2D eigenvalue weighted by Crippen LogP contribution is 2.25. The summed E-state index contributed by atoms with van der Waals surface area (Å²) in [6.07, 6.45) is 3.30. The summed E-state index contributed by atoms with van der Waals surface area (Å²) in [6, 6.07) is 13.5. The molecule has 2 aromatic heterocycles. The van der Waals surface area contributed by atoms with Gasteiger partial charge in [-0.25, -0.2) is 9.97 Å². The molecule has 2 fully saturated rings. The van der Waals surface area contributed by atoms with E-state index in [-0.39, 0.29) is 11.8 Å². The fourth-order valence-corrected chi connectivity index (χ4v) is 4.90. The first-order valence-electron chi connectivity index (χ1n) is 13.5. The van der Waals surface area contributed by atoms with Crippen LogP contribution in [0, 0.1) is 5.92 Å². The third-order valence-electron chi connectivity index (χ3n) is 7.26. The number of carbonyl (C=O) groups is 1. The maximum Gasteiger partial charge on any atom is 0.225 e. The van der Waals surface area contributed by atoms with Crippen LogP contribution in [0.1, 0.15) is 12.8 Å². The molecule has 2 saturated heterocycles. The zero-order valence-electron chi connectivity index (χ0n) is 22.6. The summed E-state index contributed by atoms with van der Waals surface area (Å²) in [5.41, 5.74) is 1.78. The lowest BCUT2D eigenvalue weighted by Crippen LogP contribution is -2.44. The van der Waals surface area contributed by atoms with Crippen LogP contribution < -0.4 is 24.6 Å². The van der Waals surface area contributed by atoms with E-state index in [1.165, 1.54) is 6.33 Å². The van der Waals surface area contributed by atoms with E-state index in [1.807, 2.05) is 42.5 Å². The number of benzene rings is 1. The molecule has 1 amide bonds. The van der Waals surface area contributed by atoms with Gasteiger partial charge in [0.05, 0.1) is 25.3 Å². The largest absolute Gasteiger partial charge is 0.497 e. The lowest BCUT2D eigenvalue weighted by atomic mass is 9.97. The number of aromatic nitrogens is 4. The number of carbonyl (C=O) groups excluding carboxylic acids is 1. The molecule has 39 heavy (non-hydrogen) atoms. The molecule has 4 heterocycles. The number of rotatable bonds is 9. The van der Waals surface area contributed by atoms with Crippen LogP contribution in [0.15, 0.2) is 48.8 Å². The van der Waals surface area contributed by atoms with Crippen molar-refractivity contribution in [2.45, 2.75) is 12.8 Å². The molecule has 3 aromatic rings. The van der Waals surface area contributed by atoms with Gasteiger partial charge >= 0.3 is 0 Å². The van der Waals surface area contributed by atoms with Gasteiger partial charge < -0.3 is 29.5 Å². The van der Waals surface area contributed by atoms with Crippen molar-refractivity contribution >= 4 is 17.5 Å². The molecule has 0 spiro atoms. The van der Waals surface area contributed by atoms with E-state index in [9.17, 15) is 4.79 Å². The van der Waals surface area contributed by atoms with Gasteiger partial charge in [-0.15, -0.1) is 10.2 Å². The van der Waals surface area contributed by atoms with Crippen molar-refractivity contribution in [3.63, 3.8) is 0 Å². The van der Waals surface area contributed by atoms with E-state index in [1.54, 1.807) is 7.11 Å². The summed E-state index contributed by atoms with van der Waals surface area (Å²) in [5.74, 6) is 2.91. The van der Waals surface area contributed by atoms with E-state index in [0.717, 1.165) is 74.2 Å². The Balaban J connectivity index is 1.08. The van der Waals surface area contributed by atoms with Crippen LogP contribution in [-0.4, -0.2) is 97.6 Å². The fraction of sp³-hybridized carbons (Fsp3) is 0.464. The van der Waals surface area contributed by atoms with Gasteiger partial charge in [0.25, 0.3) is 0 Å². The number of piperidine rings is 1. The Kier molecular flexibility index (Phi) is 8.67. The Hall–Kier alpha value is -3.99. The molecule has 2 aliphatic rings. The van der Waals surface area contributed by atoms with E-state index in [2.05, 4.69) is 47.2 Å². The van der Waals surface area contributed by atoms with Crippen LogP contribution in [-0.2, 0) is 4.79 Å². The molecular weight excluding hydrogens is 496 g/mol. The number of hydrogen-bond donors (Lipinski definition) is 1. The highest BCUT2D eigenvalue weighted by molar-refractivity contribution is 5.79. The number of hydrogen-bond acceptors (Lipinski definition) is 10. The zero-order valence-corrected chi connectivity index (χ0v) is 22.6. The third kappa shape index (κ3) is 6.91. The van der Waals surface area contributed by atoms with Gasteiger partial charge in [-0.05, 0) is 56.3 Å². The molecule has 0 bridgehead atoms. The summed E-state index contributed by atoms with van der Waals surface area (Å²) in [5, 5.41) is 11.9. The SMILES string of the molecule is COc1ccc(-c2ccc(N3CCCC(C(=O)NCCOc4cc(N5CCN(C)CC5)ncn4)C3)nn2)cc1. The highest BCUT2D eigenvalue weighted by Gasteiger charge is 2.26. The van der Waals surface area contributed by atoms with Gasteiger partial charge in [0.15, 0.2) is 5.82 Å². The number of ether oxygens (including phenoxy) is 2. The molecule has 0 radical (unpaired) electrons. The monoisotopic (exact) mass is 532 g/mol. The summed E-state index contributed by atoms with van der Waals surface area (Å²) in [6.45, 7) is 6.11. The van der Waals surface area contributed by atoms with Crippen molar-refractivity contribution in [3.8, 4) is 22.9 Å². The maximum atomic E-state index is 12.9. The number of nitrogens with one attached hydrogen (secondary N) is 1. The van der Waals surface area contributed by atoms with Crippen LogP contribution in [0.25, 0.3) is 11.3 Å². The van der Waals surface area contributed by atoms with Crippen molar-refractivity contribution in [1.82, 2.24) is 30.4 Å². The van der Waals surface area contributed by atoms with E-state index >= 15 is 0 Å². The first kappa shape index (κ1) is 26.6. The van der Waals surface area contributed by atoms with Crippen molar-refractivity contribution in [1.29, 1.82) is 0 Å². The highest BCUT2D eigenvalue weighted by atomic mass is 16.5. The summed E-state index contributed by atoms with van der Waals surface area (Å²) in [7, 11) is 3.77. The van der Waals surface area contributed by atoms with Crippen LogP contribution in [0.4, 0.5) is 11.6 Å². The van der Waals surface area contributed by atoms with Crippen LogP contribution >= 0.6 is 0 Å². The second-order valence-electron chi connectivity index (χ2n) is 9.93. The third-order valence-corrected chi connectivity index (χ3v) is 7.26.